The van der Waals surface area contributed by atoms with Crippen LogP contribution in [0.5, 0.6) is 5.75 Å². The first-order chi connectivity index (χ1) is 22.5. The second-order valence-corrected chi connectivity index (χ2v) is 16.5. The van der Waals surface area contributed by atoms with Crippen LogP contribution in [-0.2, 0) is 50.5 Å². The number of aromatic nitrogens is 1. The second-order valence-electron chi connectivity index (χ2n) is 11.0. The Labute approximate surface area is 277 Å². The summed E-state index contributed by atoms with van der Waals surface area (Å²) in [6, 6.07) is 23.7. The van der Waals surface area contributed by atoms with Gasteiger partial charge in [0, 0.05) is 37.1 Å². The Kier molecular flexibility index (Phi) is 9.33. The van der Waals surface area contributed by atoms with Crippen molar-refractivity contribution in [3.05, 3.63) is 113 Å². The van der Waals surface area contributed by atoms with Crippen LogP contribution in [0.15, 0.2) is 103 Å². The Balaban J connectivity index is 1.22. The van der Waals surface area contributed by atoms with Crippen LogP contribution < -0.4 is 4.74 Å². The lowest BCUT2D eigenvalue weighted by atomic mass is 9.92. The highest BCUT2D eigenvalue weighted by atomic mass is 32.3. The maximum atomic E-state index is 13.8. The molecule has 0 atom stereocenters. The van der Waals surface area contributed by atoms with E-state index in [0.717, 1.165) is 22.4 Å². The molecule has 1 aliphatic heterocycles. The van der Waals surface area contributed by atoms with Gasteiger partial charge in [-0.3, -0.25) is 4.79 Å². The van der Waals surface area contributed by atoms with Crippen LogP contribution in [0.3, 0.4) is 0 Å². The standard InChI is InChI=1S/C34H32N2O8S3/c1-23-29(35-34(44-23)25-8-4-2-5-9-25)19-21-43-30-14-12-24(13-15-31(37)38)28-22-36(20-18-27(28)30)47(41,42)33-17-16-32(45-33)46(39,40)26-10-6-3-7-11-26/h2-12,14,16-17H,13,15,18-22H2,1H3,(H,37,38). The molecule has 0 saturated heterocycles. The van der Waals surface area contributed by atoms with E-state index in [1.165, 1.54) is 28.6 Å². The highest BCUT2D eigenvalue weighted by molar-refractivity contribution is 7.95. The number of sulfone groups is 1. The van der Waals surface area contributed by atoms with Crippen LogP contribution in [-0.4, -0.2) is 50.4 Å². The van der Waals surface area contributed by atoms with E-state index < -0.39 is 25.8 Å². The summed E-state index contributed by atoms with van der Waals surface area (Å²) in [4.78, 5) is 16.1. The number of hydrogen-bond acceptors (Lipinski definition) is 9. The molecule has 244 valence electrons. The molecule has 0 bridgehead atoms. The molecular formula is C34H32N2O8S3. The van der Waals surface area contributed by atoms with E-state index in [-0.39, 0.29) is 39.2 Å². The third kappa shape index (κ3) is 6.89. The lowest BCUT2D eigenvalue weighted by Crippen LogP contribution is -2.36. The van der Waals surface area contributed by atoms with Gasteiger partial charge < -0.3 is 14.3 Å². The smallest absolute Gasteiger partial charge is 0.303 e. The van der Waals surface area contributed by atoms with Crippen molar-refractivity contribution in [2.45, 2.75) is 52.5 Å². The number of ether oxygens (including phenoxy) is 1. The Morgan fingerprint density at radius 3 is 2.34 bits per heavy atom. The highest BCUT2D eigenvalue weighted by Crippen LogP contribution is 2.37. The van der Waals surface area contributed by atoms with E-state index >= 15 is 0 Å². The molecule has 47 heavy (non-hydrogen) atoms. The normalized spacial score (nSPS) is 13.7. The molecule has 3 heterocycles. The number of nitrogens with zero attached hydrogens (tertiary/aromatic N) is 2. The molecule has 0 saturated carbocycles. The molecule has 0 aliphatic carbocycles. The molecule has 3 aromatic carbocycles. The third-order valence-electron chi connectivity index (χ3n) is 8.02. The Bertz CT molecular complexity index is 2120. The molecule has 2 aromatic heterocycles. The van der Waals surface area contributed by atoms with Crippen LogP contribution in [0, 0.1) is 6.92 Å². The zero-order valence-corrected chi connectivity index (χ0v) is 27.9. The number of carboxylic acids is 1. The minimum absolute atomic E-state index is 0.00528. The number of sulfonamides is 1. The second kappa shape index (κ2) is 13.4. The van der Waals surface area contributed by atoms with E-state index in [0.29, 0.717) is 53.7 Å². The maximum Gasteiger partial charge on any atom is 0.303 e. The summed E-state index contributed by atoms with van der Waals surface area (Å²) in [5.74, 6) is 0.888. The molecule has 1 aliphatic rings. The van der Waals surface area contributed by atoms with Gasteiger partial charge in [-0.25, -0.2) is 21.8 Å². The van der Waals surface area contributed by atoms with Crippen LogP contribution in [0.25, 0.3) is 11.5 Å². The van der Waals surface area contributed by atoms with E-state index in [1.807, 2.05) is 43.3 Å². The molecule has 0 fully saturated rings. The minimum atomic E-state index is -4.05. The lowest BCUT2D eigenvalue weighted by molar-refractivity contribution is -0.136. The van der Waals surface area contributed by atoms with Crippen LogP contribution in [0.4, 0.5) is 0 Å². The van der Waals surface area contributed by atoms with Gasteiger partial charge in [-0.05, 0) is 73.4 Å². The monoisotopic (exact) mass is 692 g/mol. The van der Waals surface area contributed by atoms with Gasteiger partial charge in [0.05, 0.1) is 17.2 Å². The summed E-state index contributed by atoms with van der Waals surface area (Å²) in [6.07, 6.45) is 0.947. The largest absolute Gasteiger partial charge is 0.493 e. The molecular weight excluding hydrogens is 661 g/mol. The van der Waals surface area contributed by atoms with Gasteiger partial charge in [-0.1, -0.05) is 42.5 Å². The van der Waals surface area contributed by atoms with Crippen molar-refractivity contribution in [3.8, 4) is 17.2 Å². The maximum absolute atomic E-state index is 13.8. The van der Waals surface area contributed by atoms with Gasteiger partial charge in [0.1, 0.15) is 19.9 Å². The van der Waals surface area contributed by atoms with E-state index in [9.17, 15) is 26.7 Å². The summed E-state index contributed by atoms with van der Waals surface area (Å²) in [7, 11) is -7.93. The van der Waals surface area contributed by atoms with Crippen LogP contribution >= 0.6 is 11.3 Å². The van der Waals surface area contributed by atoms with Crippen LogP contribution in [0.1, 0.15) is 34.6 Å². The number of fused-ring (bicyclic) bond motifs is 1. The van der Waals surface area contributed by atoms with Crippen molar-refractivity contribution in [1.82, 2.24) is 9.29 Å². The van der Waals surface area contributed by atoms with Crippen molar-refractivity contribution in [3.63, 3.8) is 0 Å². The first-order valence-corrected chi connectivity index (χ1v) is 18.7. The summed E-state index contributed by atoms with van der Waals surface area (Å²) in [6.45, 7) is 2.32. The predicted octanol–water partition coefficient (Wildman–Crippen LogP) is 5.93. The predicted molar refractivity (Wildman–Crippen MR) is 176 cm³/mol. The average molecular weight is 693 g/mol. The van der Waals surface area contributed by atoms with E-state index in [4.69, 9.17) is 9.15 Å². The van der Waals surface area contributed by atoms with Gasteiger partial charge in [-0.15, -0.1) is 11.3 Å². The van der Waals surface area contributed by atoms with Crippen molar-refractivity contribution in [2.75, 3.05) is 13.2 Å². The zero-order valence-electron chi connectivity index (χ0n) is 25.5. The number of carboxylic acid groups (broad SMARTS) is 1. The number of hydrogen-bond donors (Lipinski definition) is 1. The van der Waals surface area contributed by atoms with Gasteiger partial charge in [0.2, 0.25) is 15.7 Å². The molecule has 0 spiro atoms. The summed E-state index contributed by atoms with van der Waals surface area (Å²) >= 11 is 0.715. The number of rotatable bonds is 12. The number of aliphatic carboxylic acids is 1. The quantitative estimate of drug-likeness (QED) is 0.168. The summed E-state index contributed by atoms with van der Waals surface area (Å²) in [5.41, 5.74) is 3.92. The molecule has 1 N–H and O–H groups in total. The van der Waals surface area contributed by atoms with Crippen molar-refractivity contribution in [2.24, 2.45) is 0 Å². The molecule has 0 amide bonds. The van der Waals surface area contributed by atoms with Crippen LogP contribution in [0.2, 0.25) is 0 Å². The lowest BCUT2D eigenvalue weighted by Gasteiger charge is -2.30. The fraction of sp³-hybridized carbons (Fsp3) is 0.235. The number of benzene rings is 3. The molecule has 0 unspecified atom stereocenters. The number of thiophene rings is 1. The van der Waals surface area contributed by atoms with E-state index in [2.05, 4.69) is 4.98 Å². The minimum Gasteiger partial charge on any atom is -0.493 e. The molecule has 10 nitrogen and oxygen atoms in total. The molecule has 6 rings (SSSR count). The van der Waals surface area contributed by atoms with Crippen molar-refractivity contribution < 1.29 is 35.9 Å². The molecule has 0 radical (unpaired) electrons. The third-order valence-corrected chi connectivity index (χ3v) is 13.7. The molecule has 5 aromatic rings. The van der Waals surface area contributed by atoms with Gasteiger partial charge in [0.15, 0.2) is 0 Å². The number of aryl methyl sites for hydroxylation is 2. The average Bonchev–Trinajstić information content (AvgIpc) is 3.73. The highest BCUT2D eigenvalue weighted by Gasteiger charge is 2.33. The Hall–Kier alpha value is -4.30. The first-order valence-electron chi connectivity index (χ1n) is 14.9. The van der Waals surface area contributed by atoms with Gasteiger partial charge in [-0.2, -0.15) is 4.31 Å². The van der Waals surface area contributed by atoms with Crippen molar-refractivity contribution >= 4 is 37.2 Å². The first kappa shape index (κ1) is 32.6. The Morgan fingerprint density at radius 2 is 1.62 bits per heavy atom. The number of carbonyl (C=O) groups is 1. The summed E-state index contributed by atoms with van der Waals surface area (Å²) in [5, 5.41) is 9.34. The van der Waals surface area contributed by atoms with Gasteiger partial charge >= 0.3 is 5.97 Å². The van der Waals surface area contributed by atoms with E-state index in [1.54, 1.807) is 24.3 Å². The molecule has 13 heteroatoms. The Morgan fingerprint density at radius 1 is 0.915 bits per heavy atom. The van der Waals surface area contributed by atoms with Crippen molar-refractivity contribution in [1.29, 1.82) is 0 Å². The fourth-order valence-electron chi connectivity index (χ4n) is 5.55. The number of oxazole rings is 1. The summed E-state index contributed by atoms with van der Waals surface area (Å²) < 4.78 is 67.1. The topological polar surface area (TPSA) is 144 Å². The SMILES string of the molecule is Cc1oc(-c2ccccc2)nc1CCOc1ccc(CCC(=O)O)c2c1CCN(S(=O)(=O)c1ccc(S(=O)(=O)c3ccccc3)s1)C2. The van der Waals surface area contributed by atoms with Gasteiger partial charge in [0.25, 0.3) is 10.0 Å². The fourth-order valence-corrected chi connectivity index (χ4v) is 10.3. The zero-order chi connectivity index (χ0) is 33.2.